The molecule has 0 saturated carbocycles. The first-order chi connectivity index (χ1) is 13.2. The minimum absolute atomic E-state index is 0. The number of carbonyl (C=O) groups is 1. The normalized spacial score (nSPS) is 16.3. The molecule has 2 aromatic carbocycles. The van der Waals surface area contributed by atoms with E-state index in [0.717, 1.165) is 23.2 Å². The second-order valence-electron chi connectivity index (χ2n) is 6.78. The number of anilines is 1. The highest BCUT2D eigenvalue weighted by molar-refractivity contribution is 5.96. The number of hydrogen-bond donors (Lipinski definition) is 1. The van der Waals surface area contributed by atoms with Crippen LogP contribution in [0.15, 0.2) is 53.1 Å². The number of nitrogens with zero attached hydrogens (tertiary/aromatic N) is 3. The third-order valence-electron chi connectivity index (χ3n) is 5.02. The maximum Gasteiger partial charge on any atom is 0.232 e. The third-order valence-corrected chi connectivity index (χ3v) is 5.02. The van der Waals surface area contributed by atoms with E-state index in [1.54, 1.807) is 4.90 Å². The molecule has 146 valence electrons. The van der Waals surface area contributed by atoms with Gasteiger partial charge in [0.25, 0.3) is 0 Å². The van der Waals surface area contributed by atoms with E-state index in [1.165, 1.54) is 5.56 Å². The van der Waals surface area contributed by atoms with Crippen LogP contribution in [-0.2, 0) is 17.8 Å². The summed E-state index contributed by atoms with van der Waals surface area (Å²) in [4.78, 5) is 18.8. The van der Waals surface area contributed by atoms with Crippen LogP contribution < -0.4 is 10.6 Å². The number of rotatable bonds is 5. The molecule has 7 heteroatoms. The Morgan fingerprint density at radius 2 is 1.79 bits per heavy atom. The van der Waals surface area contributed by atoms with Crippen molar-refractivity contribution < 1.29 is 9.32 Å². The van der Waals surface area contributed by atoms with E-state index in [0.29, 0.717) is 31.2 Å². The summed E-state index contributed by atoms with van der Waals surface area (Å²) >= 11 is 0. The van der Waals surface area contributed by atoms with Gasteiger partial charge in [0.1, 0.15) is 0 Å². The summed E-state index contributed by atoms with van der Waals surface area (Å²) < 4.78 is 5.46. The van der Waals surface area contributed by atoms with E-state index in [9.17, 15) is 4.79 Å². The zero-order valence-corrected chi connectivity index (χ0v) is 16.5. The van der Waals surface area contributed by atoms with Crippen LogP contribution in [-0.4, -0.2) is 22.6 Å². The Morgan fingerprint density at radius 1 is 1.11 bits per heavy atom. The topological polar surface area (TPSA) is 85.2 Å². The Hall–Kier alpha value is -2.70. The Kier molecular flexibility index (Phi) is 6.11. The highest BCUT2D eigenvalue weighted by Gasteiger charge is 2.35. The van der Waals surface area contributed by atoms with Crippen molar-refractivity contribution >= 4 is 24.0 Å². The van der Waals surface area contributed by atoms with Crippen molar-refractivity contribution in [2.24, 2.45) is 5.73 Å². The van der Waals surface area contributed by atoms with Gasteiger partial charge in [-0.25, -0.2) is 0 Å². The monoisotopic (exact) mass is 398 g/mol. The molecule has 6 nitrogen and oxygen atoms in total. The highest BCUT2D eigenvalue weighted by Crippen LogP contribution is 2.32. The molecule has 1 saturated heterocycles. The highest BCUT2D eigenvalue weighted by atomic mass is 35.5. The SMILES string of the molecule is CCc1ccc(N2CC(c3nc(-c4ccc(CN)cc4)no3)CC2=O)cc1.Cl. The van der Waals surface area contributed by atoms with Crippen LogP contribution in [0.1, 0.15) is 36.3 Å². The molecule has 0 spiro atoms. The molecule has 1 fully saturated rings. The average molecular weight is 399 g/mol. The van der Waals surface area contributed by atoms with Gasteiger partial charge in [-0.1, -0.05) is 48.5 Å². The summed E-state index contributed by atoms with van der Waals surface area (Å²) in [6.07, 6.45) is 1.36. The van der Waals surface area contributed by atoms with Crippen LogP contribution in [0.2, 0.25) is 0 Å². The van der Waals surface area contributed by atoms with Gasteiger partial charge in [0.2, 0.25) is 17.6 Å². The molecule has 0 radical (unpaired) electrons. The Balaban J connectivity index is 0.00000225. The molecule has 2 N–H and O–H groups in total. The van der Waals surface area contributed by atoms with E-state index >= 15 is 0 Å². The summed E-state index contributed by atoms with van der Waals surface area (Å²) in [5.41, 5.74) is 9.72. The molecule has 1 atom stereocenters. The average Bonchev–Trinajstić information content (AvgIpc) is 3.35. The summed E-state index contributed by atoms with van der Waals surface area (Å²) in [5, 5.41) is 4.08. The molecular formula is C21H23ClN4O2. The fraction of sp³-hybridized carbons (Fsp3) is 0.286. The molecule has 2 heterocycles. The molecule has 3 aromatic rings. The predicted octanol–water partition coefficient (Wildman–Crippen LogP) is 3.70. The number of amides is 1. The van der Waals surface area contributed by atoms with Crippen molar-refractivity contribution in [3.8, 4) is 11.4 Å². The second-order valence-corrected chi connectivity index (χ2v) is 6.78. The molecular weight excluding hydrogens is 376 g/mol. The fourth-order valence-corrected chi connectivity index (χ4v) is 3.34. The lowest BCUT2D eigenvalue weighted by Gasteiger charge is -2.16. The zero-order valence-electron chi connectivity index (χ0n) is 15.7. The van der Waals surface area contributed by atoms with E-state index in [-0.39, 0.29) is 24.2 Å². The molecule has 1 unspecified atom stereocenters. The van der Waals surface area contributed by atoms with Crippen molar-refractivity contribution in [2.75, 3.05) is 11.4 Å². The summed E-state index contributed by atoms with van der Waals surface area (Å²) in [7, 11) is 0. The first-order valence-electron chi connectivity index (χ1n) is 9.20. The molecule has 1 aromatic heterocycles. The van der Waals surface area contributed by atoms with Crippen molar-refractivity contribution in [3.05, 3.63) is 65.5 Å². The lowest BCUT2D eigenvalue weighted by Crippen LogP contribution is -2.24. The fourth-order valence-electron chi connectivity index (χ4n) is 3.34. The summed E-state index contributed by atoms with van der Waals surface area (Å²) in [6.45, 7) is 3.16. The summed E-state index contributed by atoms with van der Waals surface area (Å²) in [5.74, 6) is 1.03. The van der Waals surface area contributed by atoms with Gasteiger partial charge in [-0.15, -0.1) is 12.4 Å². The molecule has 4 rings (SSSR count). The molecule has 1 aliphatic rings. The molecule has 0 bridgehead atoms. The van der Waals surface area contributed by atoms with Crippen LogP contribution in [0.25, 0.3) is 11.4 Å². The molecule has 0 aliphatic carbocycles. The van der Waals surface area contributed by atoms with Crippen LogP contribution in [0, 0.1) is 0 Å². The van der Waals surface area contributed by atoms with Gasteiger partial charge in [0.05, 0.1) is 5.92 Å². The maximum absolute atomic E-state index is 12.5. The zero-order chi connectivity index (χ0) is 18.8. The largest absolute Gasteiger partial charge is 0.339 e. The summed E-state index contributed by atoms with van der Waals surface area (Å²) in [6, 6.07) is 15.9. The van der Waals surface area contributed by atoms with Crippen LogP contribution in [0.3, 0.4) is 0 Å². The van der Waals surface area contributed by atoms with Crippen molar-refractivity contribution in [1.29, 1.82) is 0 Å². The Morgan fingerprint density at radius 3 is 2.43 bits per heavy atom. The van der Waals surface area contributed by atoms with Crippen LogP contribution in [0.5, 0.6) is 0 Å². The minimum Gasteiger partial charge on any atom is -0.339 e. The van der Waals surface area contributed by atoms with Crippen molar-refractivity contribution in [1.82, 2.24) is 10.1 Å². The standard InChI is InChI=1S/C21H22N4O2.ClH/c1-2-14-5-9-18(10-6-14)25-13-17(11-19(25)26)21-23-20(24-27-21)16-7-3-15(12-22)4-8-16;/h3-10,17H,2,11-13,22H2,1H3;1H. The first kappa shape index (κ1) is 20.0. The number of halogens is 1. The molecule has 1 aliphatic heterocycles. The van der Waals surface area contributed by atoms with Gasteiger partial charge in [-0.3, -0.25) is 4.79 Å². The van der Waals surface area contributed by atoms with Gasteiger partial charge in [0, 0.05) is 30.8 Å². The van der Waals surface area contributed by atoms with Crippen LogP contribution >= 0.6 is 12.4 Å². The minimum atomic E-state index is -0.0899. The van der Waals surface area contributed by atoms with E-state index in [4.69, 9.17) is 10.3 Å². The molecule has 28 heavy (non-hydrogen) atoms. The predicted molar refractivity (Wildman–Crippen MR) is 110 cm³/mol. The van der Waals surface area contributed by atoms with Crippen molar-refractivity contribution in [3.63, 3.8) is 0 Å². The van der Waals surface area contributed by atoms with Gasteiger partial charge >= 0.3 is 0 Å². The number of nitrogens with two attached hydrogens (primary N) is 1. The first-order valence-corrected chi connectivity index (χ1v) is 9.20. The number of benzene rings is 2. The smallest absolute Gasteiger partial charge is 0.232 e. The van der Waals surface area contributed by atoms with Gasteiger partial charge in [-0.05, 0) is 29.7 Å². The number of hydrogen-bond acceptors (Lipinski definition) is 5. The maximum atomic E-state index is 12.5. The van der Waals surface area contributed by atoms with Gasteiger partial charge in [-0.2, -0.15) is 4.98 Å². The Labute approximate surface area is 170 Å². The van der Waals surface area contributed by atoms with E-state index < -0.39 is 0 Å². The lowest BCUT2D eigenvalue weighted by atomic mass is 10.1. The third kappa shape index (κ3) is 3.93. The number of carbonyl (C=O) groups excluding carboxylic acids is 1. The van der Waals surface area contributed by atoms with Crippen molar-refractivity contribution in [2.45, 2.75) is 32.2 Å². The van der Waals surface area contributed by atoms with E-state index in [2.05, 4.69) is 29.2 Å². The van der Waals surface area contributed by atoms with Gasteiger partial charge < -0.3 is 15.2 Å². The number of aromatic nitrogens is 2. The van der Waals surface area contributed by atoms with Gasteiger partial charge in [0.15, 0.2) is 0 Å². The lowest BCUT2D eigenvalue weighted by molar-refractivity contribution is -0.117. The quantitative estimate of drug-likeness (QED) is 0.708. The molecule has 1 amide bonds. The number of aryl methyl sites for hydroxylation is 1. The van der Waals surface area contributed by atoms with E-state index in [1.807, 2.05) is 36.4 Å². The second kappa shape index (κ2) is 8.54. The van der Waals surface area contributed by atoms with Crippen LogP contribution in [0.4, 0.5) is 5.69 Å². The Bertz CT molecular complexity index is 938.